The summed E-state index contributed by atoms with van der Waals surface area (Å²) in [6.45, 7) is 0. The molecule has 2 rings (SSSR count). The topological polar surface area (TPSA) is 92.3 Å². The Balaban J connectivity index is 2.63. The quantitative estimate of drug-likeness (QED) is 0.791. The van der Waals surface area contributed by atoms with Crippen molar-refractivity contribution in [2.24, 2.45) is 0 Å². The summed E-state index contributed by atoms with van der Waals surface area (Å²) in [6.07, 6.45) is 0. The lowest BCUT2D eigenvalue weighted by molar-refractivity contribution is 0.0590. The number of carbonyl (C=O) groups excluding carboxylic acids is 1. The number of nitrogens with one attached hydrogen (secondary N) is 1. The molecular formula is C12H9FN2O4. The zero-order chi connectivity index (χ0) is 14.0. The molecule has 1 heterocycles. The summed E-state index contributed by atoms with van der Waals surface area (Å²) in [5.41, 5.74) is -1.16. The van der Waals surface area contributed by atoms with Crippen molar-refractivity contribution in [1.29, 1.82) is 0 Å². The number of hydrogen-bond donors (Lipinski definition) is 2. The number of aromatic amines is 1. The Morgan fingerprint density at radius 3 is 2.84 bits per heavy atom. The Bertz CT molecular complexity index is 696. The highest BCUT2D eigenvalue weighted by atomic mass is 19.1. The Morgan fingerprint density at radius 1 is 1.47 bits per heavy atom. The van der Waals surface area contributed by atoms with Gasteiger partial charge in [0.25, 0.3) is 5.56 Å². The molecule has 0 aliphatic rings. The summed E-state index contributed by atoms with van der Waals surface area (Å²) < 4.78 is 17.5. The van der Waals surface area contributed by atoms with E-state index in [1.54, 1.807) is 0 Å². The predicted octanol–water partition coefficient (Wildman–Crippen LogP) is 1.07. The van der Waals surface area contributed by atoms with Gasteiger partial charge in [0.05, 0.1) is 7.11 Å². The summed E-state index contributed by atoms with van der Waals surface area (Å²) >= 11 is 0. The van der Waals surface area contributed by atoms with Crippen molar-refractivity contribution >= 4 is 5.97 Å². The van der Waals surface area contributed by atoms with Gasteiger partial charge in [-0.05, 0) is 12.1 Å². The number of aromatic hydroxyl groups is 1. The van der Waals surface area contributed by atoms with Crippen LogP contribution < -0.4 is 5.56 Å². The van der Waals surface area contributed by atoms with Crippen molar-refractivity contribution in [3.63, 3.8) is 0 Å². The van der Waals surface area contributed by atoms with Gasteiger partial charge in [-0.1, -0.05) is 12.1 Å². The van der Waals surface area contributed by atoms with Crippen molar-refractivity contribution in [3.8, 4) is 17.1 Å². The molecule has 98 valence electrons. The number of rotatable bonds is 2. The lowest BCUT2D eigenvalue weighted by Crippen LogP contribution is -2.16. The van der Waals surface area contributed by atoms with Gasteiger partial charge < -0.3 is 14.8 Å². The second-order valence-corrected chi connectivity index (χ2v) is 3.61. The highest BCUT2D eigenvalue weighted by Crippen LogP contribution is 2.18. The monoisotopic (exact) mass is 264 g/mol. The fourth-order valence-corrected chi connectivity index (χ4v) is 1.48. The van der Waals surface area contributed by atoms with Crippen molar-refractivity contribution in [1.82, 2.24) is 9.97 Å². The van der Waals surface area contributed by atoms with Crippen LogP contribution in [0.2, 0.25) is 0 Å². The first-order chi connectivity index (χ1) is 9.02. The second-order valence-electron chi connectivity index (χ2n) is 3.61. The molecular weight excluding hydrogens is 255 g/mol. The maximum atomic E-state index is 13.1. The molecule has 0 fully saturated rings. The maximum absolute atomic E-state index is 13.1. The third-order valence-electron chi connectivity index (χ3n) is 2.37. The first-order valence-corrected chi connectivity index (χ1v) is 5.20. The molecule has 0 spiro atoms. The van der Waals surface area contributed by atoms with Crippen LogP contribution in [0.1, 0.15) is 10.5 Å². The van der Waals surface area contributed by atoms with Crippen molar-refractivity contribution < 1.29 is 19.0 Å². The number of ether oxygens (including phenoxy) is 1. The lowest BCUT2D eigenvalue weighted by atomic mass is 10.2. The number of methoxy groups -OCH3 is 1. The molecule has 1 aromatic heterocycles. The van der Waals surface area contributed by atoms with Crippen LogP contribution >= 0.6 is 0 Å². The van der Waals surface area contributed by atoms with Crippen LogP contribution in [0.15, 0.2) is 29.1 Å². The normalized spacial score (nSPS) is 10.2. The molecule has 2 aromatic rings. The molecule has 7 heteroatoms. The first kappa shape index (κ1) is 12.7. The van der Waals surface area contributed by atoms with Crippen molar-refractivity contribution in [2.75, 3.05) is 7.11 Å². The fourth-order valence-electron chi connectivity index (χ4n) is 1.48. The van der Waals surface area contributed by atoms with Gasteiger partial charge in [0, 0.05) is 5.56 Å². The highest BCUT2D eigenvalue weighted by Gasteiger charge is 2.18. The minimum atomic E-state index is -0.957. The lowest BCUT2D eigenvalue weighted by Gasteiger charge is -2.05. The van der Waals surface area contributed by atoms with E-state index in [-0.39, 0.29) is 11.4 Å². The molecule has 2 N–H and O–H groups in total. The molecule has 0 unspecified atom stereocenters. The van der Waals surface area contributed by atoms with Gasteiger partial charge >= 0.3 is 5.97 Å². The van der Waals surface area contributed by atoms with Gasteiger partial charge in [-0.3, -0.25) is 4.79 Å². The van der Waals surface area contributed by atoms with Crippen LogP contribution in [0.5, 0.6) is 5.75 Å². The SMILES string of the molecule is COC(=O)c1nc(-c2cccc(F)c2)[nH]c(=O)c1O. The van der Waals surface area contributed by atoms with Gasteiger partial charge in [0.2, 0.25) is 5.75 Å². The third kappa shape index (κ3) is 2.44. The van der Waals surface area contributed by atoms with Crippen molar-refractivity contribution in [2.45, 2.75) is 0 Å². The number of benzene rings is 1. The number of nitrogens with zero attached hydrogens (tertiary/aromatic N) is 1. The van der Waals surface area contributed by atoms with E-state index in [2.05, 4.69) is 14.7 Å². The van der Waals surface area contributed by atoms with E-state index in [0.29, 0.717) is 0 Å². The van der Waals surface area contributed by atoms with Crippen LogP contribution in [-0.4, -0.2) is 28.2 Å². The summed E-state index contributed by atoms with van der Waals surface area (Å²) in [6, 6.07) is 5.29. The van der Waals surface area contributed by atoms with Crippen LogP contribution in [0.25, 0.3) is 11.4 Å². The number of halogens is 1. The van der Waals surface area contributed by atoms with Crippen LogP contribution in [0, 0.1) is 5.82 Å². The molecule has 0 atom stereocenters. The molecule has 0 saturated carbocycles. The van der Waals surface area contributed by atoms with E-state index in [1.807, 2.05) is 0 Å². The number of H-pyrrole nitrogens is 1. The first-order valence-electron chi connectivity index (χ1n) is 5.20. The summed E-state index contributed by atoms with van der Waals surface area (Å²) in [7, 11) is 1.09. The number of carbonyl (C=O) groups is 1. The zero-order valence-electron chi connectivity index (χ0n) is 9.81. The number of aromatic nitrogens is 2. The van der Waals surface area contributed by atoms with Gasteiger partial charge in [0.15, 0.2) is 5.69 Å². The van der Waals surface area contributed by atoms with Gasteiger partial charge in [-0.25, -0.2) is 14.2 Å². The van der Waals surface area contributed by atoms with Crippen LogP contribution in [-0.2, 0) is 4.74 Å². The van der Waals surface area contributed by atoms with E-state index >= 15 is 0 Å². The molecule has 0 amide bonds. The van der Waals surface area contributed by atoms with E-state index in [0.717, 1.165) is 13.2 Å². The van der Waals surface area contributed by atoms with Crippen molar-refractivity contribution in [3.05, 3.63) is 46.1 Å². The Morgan fingerprint density at radius 2 is 2.21 bits per heavy atom. The predicted molar refractivity (Wildman–Crippen MR) is 63.3 cm³/mol. The highest BCUT2D eigenvalue weighted by molar-refractivity contribution is 5.90. The minimum absolute atomic E-state index is 0.0392. The molecule has 19 heavy (non-hydrogen) atoms. The summed E-state index contributed by atoms with van der Waals surface area (Å²) in [4.78, 5) is 28.9. The second kappa shape index (κ2) is 4.89. The van der Waals surface area contributed by atoms with E-state index < -0.39 is 28.8 Å². The largest absolute Gasteiger partial charge is 0.501 e. The smallest absolute Gasteiger partial charge is 0.360 e. The van der Waals surface area contributed by atoms with E-state index in [9.17, 15) is 19.1 Å². The van der Waals surface area contributed by atoms with Crippen LogP contribution in [0.3, 0.4) is 0 Å². The van der Waals surface area contributed by atoms with Gasteiger partial charge in [0.1, 0.15) is 11.6 Å². The molecule has 1 aromatic carbocycles. The molecule has 0 bridgehead atoms. The Labute approximate surface area is 106 Å². The Hall–Kier alpha value is -2.70. The van der Waals surface area contributed by atoms with E-state index in [4.69, 9.17) is 0 Å². The summed E-state index contributed by atoms with van der Waals surface area (Å²) in [5, 5.41) is 9.44. The standard InChI is InChI=1S/C12H9FN2O4/c1-19-12(18)8-9(16)11(17)15-10(14-8)6-3-2-4-7(13)5-6/h2-5,16H,1H3,(H,14,15,17). The number of esters is 1. The minimum Gasteiger partial charge on any atom is -0.501 e. The fraction of sp³-hybridized carbons (Fsp3) is 0.0833. The molecule has 0 saturated heterocycles. The molecule has 0 aliphatic heterocycles. The maximum Gasteiger partial charge on any atom is 0.360 e. The average molecular weight is 264 g/mol. The number of hydrogen-bond acceptors (Lipinski definition) is 5. The average Bonchev–Trinajstić information content (AvgIpc) is 2.40. The molecule has 0 aliphatic carbocycles. The Kier molecular flexibility index (Phi) is 3.28. The van der Waals surface area contributed by atoms with Gasteiger partial charge in [-0.15, -0.1) is 0 Å². The summed E-state index contributed by atoms with van der Waals surface area (Å²) in [5.74, 6) is -2.36. The van der Waals surface area contributed by atoms with E-state index in [1.165, 1.54) is 18.2 Å². The van der Waals surface area contributed by atoms with Crippen LogP contribution in [0.4, 0.5) is 4.39 Å². The van der Waals surface area contributed by atoms with Gasteiger partial charge in [-0.2, -0.15) is 0 Å². The molecule has 0 radical (unpaired) electrons. The third-order valence-corrected chi connectivity index (χ3v) is 2.37. The molecule has 6 nitrogen and oxygen atoms in total. The zero-order valence-corrected chi connectivity index (χ0v) is 9.81.